The zero-order chi connectivity index (χ0) is 14.5. The molecule has 6 heteroatoms. The number of rotatable bonds is 5. The van der Waals surface area contributed by atoms with Gasteiger partial charge in [-0.25, -0.2) is 9.78 Å². The van der Waals surface area contributed by atoms with Crippen molar-refractivity contribution in [1.29, 1.82) is 0 Å². The average molecular weight is 272 g/mol. The van der Waals surface area contributed by atoms with Crippen LogP contribution in [0, 0.1) is 0 Å². The molecule has 0 unspecified atom stereocenters. The van der Waals surface area contributed by atoms with Gasteiger partial charge in [0.05, 0.1) is 17.9 Å². The van der Waals surface area contributed by atoms with E-state index in [1.807, 2.05) is 30.0 Å². The Morgan fingerprint density at radius 2 is 2.15 bits per heavy atom. The molecule has 0 fully saturated rings. The topological polar surface area (TPSA) is 92.3 Å². The molecule has 0 aliphatic heterocycles. The van der Waals surface area contributed by atoms with Crippen LogP contribution in [0.15, 0.2) is 36.5 Å². The molecule has 3 N–H and O–H groups in total. The van der Waals surface area contributed by atoms with Crippen molar-refractivity contribution in [3.8, 4) is 0 Å². The van der Waals surface area contributed by atoms with Gasteiger partial charge in [0.15, 0.2) is 11.5 Å². The van der Waals surface area contributed by atoms with Crippen LogP contribution in [0.3, 0.4) is 0 Å². The highest BCUT2D eigenvalue weighted by atomic mass is 16.4. The summed E-state index contributed by atoms with van der Waals surface area (Å²) in [7, 11) is 0. The SMILES string of the molecule is CCN(Cc1ccccn1)c1nc(C(=O)O)ccc1N. The molecule has 0 atom stereocenters. The van der Waals surface area contributed by atoms with Crippen LogP contribution in [0.2, 0.25) is 0 Å². The summed E-state index contributed by atoms with van der Waals surface area (Å²) >= 11 is 0. The van der Waals surface area contributed by atoms with Gasteiger partial charge in [-0.1, -0.05) is 6.07 Å². The molecule has 0 saturated carbocycles. The van der Waals surface area contributed by atoms with Crippen molar-refractivity contribution in [2.45, 2.75) is 13.5 Å². The number of nitrogens with zero attached hydrogens (tertiary/aromatic N) is 3. The van der Waals surface area contributed by atoms with E-state index >= 15 is 0 Å². The number of aromatic carboxylic acids is 1. The molecule has 0 aliphatic carbocycles. The molecule has 0 spiro atoms. The Balaban J connectivity index is 2.31. The molecule has 2 aromatic heterocycles. The number of aromatic nitrogens is 2. The summed E-state index contributed by atoms with van der Waals surface area (Å²) < 4.78 is 0. The van der Waals surface area contributed by atoms with Crippen LogP contribution < -0.4 is 10.6 Å². The third kappa shape index (κ3) is 3.03. The maximum Gasteiger partial charge on any atom is 0.354 e. The van der Waals surface area contributed by atoms with E-state index in [0.717, 1.165) is 5.69 Å². The number of nitrogen functional groups attached to an aromatic ring is 1. The van der Waals surface area contributed by atoms with E-state index in [2.05, 4.69) is 9.97 Å². The van der Waals surface area contributed by atoms with Crippen LogP contribution in [0.1, 0.15) is 23.1 Å². The highest BCUT2D eigenvalue weighted by Crippen LogP contribution is 2.22. The number of carboxylic acid groups (broad SMARTS) is 1. The maximum absolute atomic E-state index is 11.0. The molecule has 20 heavy (non-hydrogen) atoms. The minimum absolute atomic E-state index is 0.0197. The lowest BCUT2D eigenvalue weighted by Crippen LogP contribution is -2.25. The number of carbonyl (C=O) groups is 1. The highest BCUT2D eigenvalue weighted by Gasteiger charge is 2.14. The van der Waals surface area contributed by atoms with Gasteiger partial charge in [0.25, 0.3) is 0 Å². The summed E-state index contributed by atoms with van der Waals surface area (Å²) in [5, 5.41) is 9.01. The summed E-state index contributed by atoms with van der Waals surface area (Å²) in [6, 6.07) is 8.61. The van der Waals surface area contributed by atoms with Crippen LogP contribution in [0.4, 0.5) is 11.5 Å². The van der Waals surface area contributed by atoms with E-state index in [0.29, 0.717) is 24.6 Å². The van der Waals surface area contributed by atoms with Crippen molar-refractivity contribution >= 4 is 17.5 Å². The van der Waals surface area contributed by atoms with Gasteiger partial charge >= 0.3 is 5.97 Å². The van der Waals surface area contributed by atoms with E-state index < -0.39 is 5.97 Å². The molecule has 0 saturated heterocycles. The molecule has 0 radical (unpaired) electrons. The lowest BCUT2D eigenvalue weighted by atomic mass is 10.2. The number of carboxylic acids is 1. The van der Waals surface area contributed by atoms with Crippen LogP contribution in [0.5, 0.6) is 0 Å². The zero-order valence-corrected chi connectivity index (χ0v) is 11.2. The molecule has 104 valence electrons. The van der Waals surface area contributed by atoms with Crippen LogP contribution >= 0.6 is 0 Å². The molecule has 0 aliphatic rings. The predicted molar refractivity (Wildman–Crippen MR) is 76.6 cm³/mol. The van der Waals surface area contributed by atoms with Gasteiger partial charge in [0, 0.05) is 12.7 Å². The number of pyridine rings is 2. The summed E-state index contributed by atoms with van der Waals surface area (Å²) in [6.45, 7) is 3.13. The first kappa shape index (κ1) is 13.8. The number of nitrogens with two attached hydrogens (primary N) is 1. The van der Waals surface area contributed by atoms with E-state index in [4.69, 9.17) is 10.8 Å². The molecule has 0 amide bonds. The Morgan fingerprint density at radius 1 is 1.35 bits per heavy atom. The Labute approximate surface area is 116 Å². The first-order valence-electron chi connectivity index (χ1n) is 6.26. The fraction of sp³-hybridized carbons (Fsp3) is 0.214. The normalized spacial score (nSPS) is 10.2. The fourth-order valence-electron chi connectivity index (χ4n) is 1.86. The largest absolute Gasteiger partial charge is 0.477 e. The van der Waals surface area contributed by atoms with Gasteiger partial charge in [-0.05, 0) is 31.2 Å². The third-order valence-corrected chi connectivity index (χ3v) is 2.88. The van der Waals surface area contributed by atoms with Gasteiger partial charge in [0.1, 0.15) is 0 Å². The zero-order valence-electron chi connectivity index (χ0n) is 11.2. The van der Waals surface area contributed by atoms with Crippen LogP contribution in [-0.2, 0) is 6.54 Å². The molecule has 2 aromatic rings. The monoisotopic (exact) mass is 272 g/mol. The van der Waals surface area contributed by atoms with Crippen LogP contribution in [-0.4, -0.2) is 27.6 Å². The van der Waals surface area contributed by atoms with Crippen molar-refractivity contribution in [2.24, 2.45) is 0 Å². The van der Waals surface area contributed by atoms with Crippen molar-refractivity contribution < 1.29 is 9.90 Å². The van der Waals surface area contributed by atoms with Gasteiger partial charge < -0.3 is 15.7 Å². The molecule has 6 nitrogen and oxygen atoms in total. The van der Waals surface area contributed by atoms with E-state index in [1.54, 1.807) is 12.3 Å². The Morgan fingerprint density at radius 3 is 2.75 bits per heavy atom. The predicted octanol–water partition coefficient (Wildman–Crippen LogP) is 1.78. The highest BCUT2D eigenvalue weighted by molar-refractivity contribution is 5.86. The summed E-state index contributed by atoms with van der Waals surface area (Å²) in [5.74, 6) is -0.599. The smallest absolute Gasteiger partial charge is 0.354 e. The molecule has 0 aromatic carbocycles. The second-order valence-electron chi connectivity index (χ2n) is 4.25. The van der Waals surface area contributed by atoms with E-state index in [9.17, 15) is 4.79 Å². The summed E-state index contributed by atoms with van der Waals surface area (Å²) in [4.78, 5) is 21.3. The quantitative estimate of drug-likeness (QED) is 0.862. The molecular weight excluding hydrogens is 256 g/mol. The summed E-state index contributed by atoms with van der Waals surface area (Å²) in [6.07, 6.45) is 1.72. The fourth-order valence-corrected chi connectivity index (χ4v) is 1.86. The Kier molecular flexibility index (Phi) is 4.14. The first-order valence-corrected chi connectivity index (χ1v) is 6.26. The van der Waals surface area contributed by atoms with E-state index in [1.165, 1.54) is 6.07 Å². The number of anilines is 2. The lowest BCUT2D eigenvalue weighted by Gasteiger charge is -2.23. The lowest BCUT2D eigenvalue weighted by molar-refractivity contribution is 0.0690. The molecule has 2 rings (SSSR count). The van der Waals surface area contributed by atoms with Crippen molar-refractivity contribution in [1.82, 2.24) is 9.97 Å². The summed E-state index contributed by atoms with van der Waals surface area (Å²) in [5.41, 5.74) is 7.21. The Bertz CT molecular complexity index is 601. The van der Waals surface area contributed by atoms with Crippen molar-refractivity contribution in [2.75, 3.05) is 17.2 Å². The van der Waals surface area contributed by atoms with Gasteiger partial charge in [-0.3, -0.25) is 4.98 Å². The minimum atomic E-state index is -1.07. The minimum Gasteiger partial charge on any atom is -0.477 e. The van der Waals surface area contributed by atoms with Crippen molar-refractivity contribution in [3.63, 3.8) is 0 Å². The third-order valence-electron chi connectivity index (χ3n) is 2.88. The number of hydrogen-bond donors (Lipinski definition) is 2. The Hall–Kier alpha value is -2.63. The van der Waals surface area contributed by atoms with Gasteiger partial charge in [0.2, 0.25) is 0 Å². The van der Waals surface area contributed by atoms with Crippen molar-refractivity contribution in [3.05, 3.63) is 47.9 Å². The standard InChI is InChI=1S/C14H16N4O2/c1-2-18(9-10-5-3-4-8-16-10)13-11(15)6-7-12(17-13)14(19)20/h3-8H,2,9,15H2,1H3,(H,19,20). The average Bonchev–Trinajstić information content (AvgIpc) is 2.46. The number of hydrogen-bond acceptors (Lipinski definition) is 5. The molecule has 0 bridgehead atoms. The van der Waals surface area contributed by atoms with E-state index in [-0.39, 0.29) is 5.69 Å². The maximum atomic E-state index is 11.0. The second kappa shape index (κ2) is 6.01. The first-order chi connectivity index (χ1) is 9.61. The molecular formula is C14H16N4O2. The second-order valence-corrected chi connectivity index (χ2v) is 4.25. The van der Waals surface area contributed by atoms with Gasteiger partial charge in [-0.15, -0.1) is 0 Å². The van der Waals surface area contributed by atoms with Gasteiger partial charge in [-0.2, -0.15) is 0 Å². The van der Waals surface area contributed by atoms with Crippen LogP contribution in [0.25, 0.3) is 0 Å². The molecule has 2 heterocycles.